The first-order chi connectivity index (χ1) is 15.6. The minimum absolute atomic E-state index is 0.533. The zero-order valence-electron chi connectivity index (χ0n) is 18.2. The lowest BCUT2D eigenvalue weighted by atomic mass is 9.97. The molecule has 0 aliphatic rings. The van der Waals surface area contributed by atoms with Crippen molar-refractivity contribution in [3.63, 3.8) is 0 Å². The van der Waals surface area contributed by atoms with E-state index in [1.807, 2.05) is 65.4 Å². The van der Waals surface area contributed by atoms with Crippen LogP contribution in [0.2, 0.25) is 0 Å². The van der Waals surface area contributed by atoms with Crippen LogP contribution in [-0.4, -0.2) is 37.4 Å². The summed E-state index contributed by atoms with van der Waals surface area (Å²) in [6.07, 6.45) is 0. The standard InChI is InChI=1S/C25H27NO4S2/c1-28-13-12-26(17-19-6-3-7-20(16-19)29-2)18-21-10-11-22(30-21)25(27,23-8-4-14-31-23)24-9-5-15-32-24/h3-11,14-16,27H,12-13,17-18H2,1-2H3. The summed E-state index contributed by atoms with van der Waals surface area (Å²) in [7, 11) is 3.38. The van der Waals surface area contributed by atoms with Crippen molar-refractivity contribution in [1.82, 2.24) is 4.90 Å². The van der Waals surface area contributed by atoms with Crippen LogP contribution in [0.1, 0.15) is 26.8 Å². The molecule has 32 heavy (non-hydrogen) atoms. The third-order valence-corrected chi connectivity index (χ3v) is 7.26. The second kappa shape index (κ2) is 10.5. The molecular formula is C25H27NO4S2. The smallest absolute Gasteiger partial charge is 0.191 e. The highest BCUT2D eigenvalue weighted by molar-refractivity contribution is 7.11. The van der Waals surface area contributed by atoms with Gasteiger partial charge in [0.2, 0.25) is 0 Å². The maximum Gasteiger partial charge on any atom is 0.191 e. The monoisotopic (exact) mass is 469 g/mol. The van der Waals surface area contributed by atoms with Crippen molar-refractivity contribution in [3.05, 3.63) is 98.3 Å². The van der Waals surface area contributed by atoms with Crippen LogP contribution < -0.4 is 4.74 Å². The Morgan fingerprint density at radius 2 is 1.69 bits per heavy atom. The molecule has 0 fully saturated rings. The first-order valence-electron chi connectivity index (χ1n) is 10.4. The zero-order chi connectivity index (χ0) is 22.4. The van der Waals surface area contributed by atoms with Crippen LogP contribution >= 0.6 is 22.7 Å². The number of thiophene rings is 2. The van der Waals surface area contributed by atoms with Crippen LogP contribution in [0.15, 0.2) is 75.8 Å². The van der Waals surface area contributed by atoms with Crippen LogP contribution in [0.4, 0.5) is 0 Å². The summed E-state index contributed by atoms with van der Waals surface area (Å²) in [5.74, 6) is 2.17. The van der Waals surface area contributed by atoms with Gasteiger partial charge < -0.3 is 19.0 Å². The third-order valence-electron chi connectivity index (χ3n) is 5.31. The Balaban J connectivity index is 1.57. The molecule has 0 saturated heterocycles. The van der Waals surface area contributed by atoms with Gasteiger partial charge in [-0.1, -0.05) is 24.3 Å². The Hall–Kier alpha value is -2.42. The second-order valence-electron chi connectivity index (χ2n) is 7.49. The minimum atomic E-state index is -1.29. The lowest BCUT2D eigenvalue weighted by Gasteiger charge is -2.24. The summed E-state index contributed by atoms with van der Waals surface area (Å²) in [5.41, 5.74) is -0.133. The SMILES string of the molecule is COCCN(Cc1cccc(OC)c1)Cc1ccc(C(O)(c2cccs2)c2cccs2)o1. The number of ether oxygens (including phenoxy) is 2. The predicted molar refractivity (Wildman–Crippen MR) is 128 cm³/mol. The topological polar surface area (TPSA) is 55.1 Å². The molecule has 0 bridgehead atoms. The van der Waals surface area contributed by atoms with Gasteiger partial charge in [0, 0.05) is 30.0 Å². The molecule has 0 saturated carbocycles. The van der Waals surface area contributed by atoms with E-state index in [2.05, 4.69) is 11.0 Å². The molecule has 3 aromatic heterocycles. The van der Waals surface area contributed by atoms with E-state index in [9.17, 15) is 5.11 Å². The molecule has 0 atom stereocenters. The van der Waals surface area contributed by atoms with Gasteiger partial charge in [-0.3, -0.25) is 4.90 Å². The number of methoxy groups -OCH3 is 2. The van der Waals surface area contributed by atoms with E-state index in [1.165, 1.54) is 22.7 Å². The summed E-state index contributed by atoms with van der Waals surface area (Å²) in [6, 6.07) is 19.7. The van der Waals surface area contributed by atoms with E-state index in [0.29, 0.717) is 18.9 Å². The van der Waals surface area contributed by atoms with E-state index >= 15 is 0 Å². The van der Waals surface area contributed by atoms with Crippen LogP contribution in [-0.2, 0) is 23.4 Å². The van der Waals surface area contributed by atoms with E-state index in [4.69, 9.17) is 13.9 Å². The number of nitrogens with zero attached hydrogens (tertiary/aromatic N) is 1. The first-order valence-corrected chi connectivity index (χ1v) is 12.1. The van der Waals surface area contributed by atoms with Gasteiger partial charge in [-0.05, 0) is 52.7 Å². The normalized spacial score (nSPS) is 11.9. The Morgan fingerprint density at radius 3 is 2.31 bits per heavy atom. The van der Waals surface area contributed by atoms with Crippen molar-refractivity contribution in [2.24, 2.45) is 0 Å². The Labute approximate surface area is 196 Å². The lowest BCUT2D eigenvalue weighted by Crippen LogP contribution is -2.27. The van der Waals surface area contributed by atoms with Crippen molar-refractivity contribution in [1.29, 1.82) is 0 Å². The number of rotatable bonds is 11. The van der Waals surface area contributed by atoms with Gasteiger partial charge in [0.05, 0.1) is 20.3 Å². The fourth-order valence-electron chi connectivity index (χ4n) is 3.67. The molecule has 168 valence electrons. The van der Waals surface area contributed by atoms with E-state index in [-0.39, 0.29) is 0 Å². The highest BCUT2D eigenvalue weighted by Crippen LogP contribution is 2.41. The molecule has 0 aliphatic heterocycles. The predicted octanol–water partition coefficient (Wildman–Crippen LogP) is 5.34. The number of hydrogen-bond acceptors (Lipinski definition) is 7. The van der Waals surface area contributed by atoms with Crippen LogP contribution in [0.5, 0.6) is 5.75 Å². The number of hydrogen-bond donors (Lipinski definition) is 1. The highest BCUT2D eigenvalue weighted by Gasteiger charge is 2.39. The molecule has 0 radical (unpaired) electrons. The summed E-state index contributed by atoms with van der Waals surface area (Å²) in [6.45, 7) is 2.71. The van der Waals surface area contributed by atoms with Gasteiger partial charge in [0.15, 0.2) is 5.60 Å². The van der Waals surface area contributed by atoms with Gasteiger partial charge in [-0.25, -0.2) is 0 Å². The van der Waals surface area contributed by atoms with Gasteiger partial charge in [0.1, 0.15) is 17.3 Å². The van der Waals surface area contributed by atoms with Crippen molar-refractivity contribution in [3.8, 4) is 5.75 Å². The van der Waals surface area contributed by atoms with Crippen LogP contribution in [0.25, 0.3) is 0 Å². The molecule has 1 aromatic carbocycles. The maximum atomic E-state index is 11.8. The fraction of sp³-hybridized carbons (Fsp3) is 0.280. The van der Waals surface area contributed by atoms with Crippen molar-refractivity contribution in [2.45, 2.75) is 18.7 Å². The molecule has 1 N–H and O–H groups in total. The van der Waals surface area contributed by atoms with Crippen molar-refractivity contribution in [2.75, 3.05) is 27.4 Å². The van der Waals surface area contributed by atoms with Crippen molar-refractivity contribution < 1.29 is 19.0 Å². The van der Waals surface area contributed by atoms with E-state index < -0.39 is 5.60 Å². The first kappa shape index (κ1) is 22.8. The molecule has 0 unspecified atom stereocenters. The summed E-state index contributed by atoms with van der Waals surface area (Å²) in [4.78, 5) is 3.94. The molecular weight excluding hydrogens is 442 g/mol. The molecule has 4 aromatic rings. The van der Waals surface area contributed by atoms with E-state index in [1.54, 1.807) is 14.2 Å². The molecule has 7 heteroatoms. The van der Waals surface area contributed by atoms with Gasteiger partial charge >= 0.3 is 0 Å². The third kappa shape index (κ3) is 4.98. The van der Waals surface area contributed by atoms with E-state index in [0.717, 1.165) is 39.9 Å². The Bertz CT molecular complexity index is 1050. The molecule has 3 heterocycles. The van der Waals surface area contributed by atoms with Gasteiger partial charge in [-0.15, -0.1) is 22.7 Å². The zero-order valence-corrected chi connectivity index (χ0v) is 19.8. The number of aliphatic hydroxyl groups is 1. The second-order valence-corrected chi connectivity index (χ2v) is 9.38. The van der Waals surface area contributed by atoms with Crippen LogP contribution in [0, 0.1) is 0 Å². The quantitative estimate of drug-likeness (QED) is 0.321. The minimum Gasteiger partial charge on any atom is -0.497 e. The molecule has 0 amide bonds. The average molecular weight is 470 g/mol. The largest absolute Gasteiger partial charge is 0.497 e. The average Bonchev–Trinajstić information content (AvgIpc) is 3.60. The number of benzene rings is 1. The lowest BCUT2D eigenvalue weighted by molar-refractivity contribution is 0.0997. The Kier molecular flexibility index (Phi) is 7.44. The molecule has 4 rings (SSSR count). The summed E-state index contributed by atoms with van der Waals surface area (Å²) in [5, 5.41) is 15.7. The molecule has 5 nitrogen and oxygen atoms in total. The maximum absolute atomic E-state index is 11.8. The highest BCUT2D eigenvalue weighted by atomic mass is 32.1. The molecule has 0 aliphatic carbocycles. The molecule has 0 spiro atoms. The van der Waals surface area contributed by atoms with Gasteiger partial charge in [-0.2, -0.15) is 0 Å². The number of furan rings is 1. The van der Waals surface area contributed by atoms with Crippen LogP contribution in [0.3, 0.4) is 0 Å². The Morgan fingerprint density at radius 1 is 0.938 bits per heavy atom. The summed E-state index contributed by atoms with van der Waals surface area (Å²) >= 11 is 3.04. The summed E-state index contributed by atoms with van der Waals surface area (Å²) < 4.78 is 16.9. The fourth-order valence-corrected chi connectivity index (χ4v) is 5.42. The van der Waals surface area contributed by atoms with Crippen molar-refractivity contribution >= 4 is 22.7 Å². The van der Waals surface area contributed by atoms with Gasteiger partial charge in [0.25, 0.3) is 0 Å².